The van der Waals surface area contributed by atoms with Gasteiger partial charge in [-0.15, -0.1) is 0 Å². The van der Waals surface area contributed by atoms with Gasteiger partial charge in [-0.25, -0.2) is 4.79 Å². The molecule has 112 valence electrons. The molecule has 0 spiro atoms. The summed E-state index contributed by atoms with van der Waals surface area (Å²) in [7, 11) is 0. The van der Waals surface area contributed by atoms with E-state index in [-0.39, 0.29) is 18.5 Å². The molecule has 8 nitrogen and oxygen atoms in total. The zero-order valence-corrected chi connectivity index (χ0v) is 11.9. The Morgan fingerprint density at radius 2 is 2.20 bits per heavy atom. The third-order valence-corrected chi connectivity index (χ3v) is 2.79. The number of rotatable bonds is 7. The summed E-state index contributed by atoms with van der Waals surface area (Å²) in [6, 6.07) is -0.652. The van der Waals surface area contributed by atoms with E-state index in [0.29, 0.717) is 31.2 Å². The molecule has 1 heterocycles. The summed E-state index contributed by atoms with van der Waals surface area (Å²) in [5.74, 6) is 0.0890. The lowest BCUT2D eigenvalue weighted by Crippen LogP contribution is -2.46. The van der Waals surface area contributed by atoms with Gasteiger partial charge in [0.2, 0.25) is 5.89 Å². The maximum absolute atomic E-state index is 11.9. The van der Waals surface area contributed by atoms with Crippen molar-refractivity contribution < 1.29 is 19.2 Å². The average molecular weight is 284 g/mol. The summed E-state index contributed by atoms with van der Waals surface area (Å²) in [5, 5.41) is 15.1. The maximum atomic E-state index is 11.9. The van der Waals surface area contributed by atoms with E-state index in [0.717, 1.165) is 0 Å². The molecule has 0 radical (unpaired) electrons. The molecule has 0 aliphatic carbocycles. The first kappa shape index (κ1) is 15.9. The molecule has 8 heteroatoms. The van der Waals surface area contributed by atoms with Gasteiger partial charge >= 0.3 is 12.0 Å². The molecule has 1 aromatic rings. The Morgan fingerprint density at radius 1 is 1.50 bits per heavy atom. The predicted octanol–water partition coefficient (Wildman–Crippen LogP) is 0.815. The van der Waals surface area contributed by atoms with Gasteiger partial charge in [0.1, 0.15) is 0 Å². The second-order valence-electron chi connectivity index (χ2n) is 4.45. The smallest absolute Gasteiger partial charge is 0.317 e. The number of aromatic nitrogens is 2. The van der Waals surface area contributed by atoms with Gasteiger partial charge in [0.25, 0.3) is 0 Å². The number of nitrogens with one attached hydrogen (secondary N) is 1. The largest absolute Gasteiger partial charge is 0.481 e. The second kappa shape index (κ2) is 7.46. The molecule has 0 saturated heterocycles. The predicted molar refractivity (Wildman–Crippen MR) is 70.2 cm³/mol. The van der Waals surface area contributed by atoms with Crippen LogP contribution in [-0.4, -0.2) is 51.3 Å². The number of urea groups is 1. The lowest BCUT2D eigenvalue weighted by atomic mass is 10.2. The summed E-state index contributed by atoms with van der Waals surface area (Å²) >= 11 is 0. The number of aliphatic carboxylic acids is 1. The van der Waals surface area contributed by atoms with Crippen LogP contribution in [0.25, 0.3) is 0 Å². The van der Waals surface area contributed by atoms with Crippen molar-refractivity contribution >= 4 is 12.0 Å². The van der Waals surface area contributed by atoms with E-state index >= 15 is 0 Å². The maximum Gasteiger partial charge on any atom is 0.317 e. The Kier molecular flexibility index (Phi) is 5.95. The molecular formula is C12H20N4O4. The van der Waals surface area contributed by atoms with Gasteiger partial charge in [0, 0.05) is 25.6 Å². The summed E-state index contributed by atoms with van der Waals surface area (Å²) in [6.07, 6.45) is 0.363. The number of carboxylic acid groups (broad SMARTS) is 1. The van der Waals surface area contributed by atoms with Crippen LogP contribution in [0.5, 0.6) is 0 Å². The number of nitrogens with zero attached hydrogens (tertiary/aromatic N) is 3. The quantitative estimate of drug-likeness (QED) is 0.767. The summed E-state index contributed by atoms with van der Waals surface area (Å²) in [4.78, 5) is 28.1. The number of carbonyl (C=O) groups excluding carboxylic acids is 1. The molecule has 1 aromatic heterocycles. The number of carbonyl (C=O) groups is 2. The molecule has 20 heavy (non-hydrogen) atoms. The van der Waals surface area contributed by atoms with Gasteiger partial charge in [-0.1, -0.05) is 5.16 Å². The van der Waals surface area contributed by atoms with Crippen LogP contribution in [0.1, 0.15) is 32.0 Å². The van der Waals surface area contributed by atoms with Gasteiger partial charge in [-0.3, -0.25) is 4.79 Å². The van der Waals surface area contributed by atoms with Crippen molar-refractivity contribution in [3.8, 4) is 0 Å². The lowest BCUT2D eigenvalue weighted by Gasteiger charge is -2.27. The fourth-order valence-electron chi connectivity index (χ4n) is 1.84. The summed E-state index contributed by atoms with van der Waals surface area (Å²) in [5.41, 5.74) is 0. The van der Waals surface area contributed by atoms with Crippen LogP contribution in [0.4, 0.5) is 4.79 Å². The van der Waals surface area contributed by atoms with Crippen molar-refractivity contribution in [3.63, 3.8) is 0 Å². The minimum absolute atomic E-state index is 0.0793. The van der Waals surface area contributed by atoms with Crippen LogP contribution < -0.4 is 5.32 Å². The van der Waals surface area contributed by atoms with Crippen molar-refractivity contribution in [1.29, 1.82) is 0 Å². The molecule has 0 aromatic carbocycles. The Balaban J connectivity index is 2.41. The van der Waals surface area contributed by atoms with Gasteiger partial charge in [0.15, 0.2) is 5.82 Å². The van der Waals surface area contributed by atoms with Gasteiger partial charge in [0.05, 0.1) is 6.42 Å². The molecule has 2 N–H and O–H groups in total. The molecular weight excluding hydrogens is 264 g/mol. The molecule has 0 aliphatic rings. The van der Waals surface area contributed by atoms with Crippen molar-refractivity contribution in [1.82, 2.24) is 20.4 Å². The lowest BCUT2D eigenvalue weighted by molar-refractivity contribution is -0.138. The molecule has 1 unspecified atom stereocenters. The van der Waals surface area contributed by atoms with Gasteiger partial charge in [-0.2, -0.15) is 4.98 Å². The normalized spacial score (nSPS) is 11.9. The van der Waals surface area contributed by atoms with Crippen LogP contribution in [0.3, 0.4) is 0 Å². The molecule has 1 atom stereocenters. The van der Waals surface area contributed by atoms with E-state index < -0.39 is 5.97 Å². The molecule has 0 fully saturated rings. The standard InChI is InChI=1S/C12H20N4O4/c1-4-16(8(2)7-11(17)18)12(19)13-6-5-10-14-9(3)15-20-10/h8H,4-7H2,1-3H3,(H,13,19)(H,17,18). The van der Waals surface area contributed by atoms with Gasteiger partial charge < -0.3 is 19.8 Å². The van der Waals surface area contributed by atoms with Crippen LogP contribution in [0, 0.1) is 6.92 Å². The second-order valence-corrected chi connectivity index (χ2v) is 4.45. The number of amides is 2. The minimum Gasteiger partial charge on any atom is -0.481 e. The van der Waals surface area contributed by atoms with Crippen molar-refractivity contribution in [2.24, 2.45) is 0 Å². The highest BCUT2D eigenvalue weighted by Gasteiger charge is 2.20. The summed E-state index contributed by atoms with van der Waals surface area (Å²) in [6.45, 7) is 6.03. The first-order valence-corrected chi connectivity index (χ1v) is 6.49. The Hall–Kier alpha value is -2.12. The Morgan fingerprint density at radius 3 is 2.70 bits per heavy atom. The molecule has 0 saturated carbocycles. The van der Waals surface area contributed by atoms with Crippen molar-refractivity contribution in [3.05, 3.63) is 11.7 Å². The Bertz CT molecular complexity index is 460. The molecule has 0 bridgehead atoms. The van der Waals surface area contributed by atoms with E-state index in [2.05, 4.69) is 15.5 Å². The molecule has 1 rings (SSSR count). The summed E-state index contributed by atoms with van der Waals surface area (Å²) < 4.78 is 4.93. The number of hydrogen-bond donors (Lipinski definition) is 2. The van der Waals surface area contributed by atoms with Crippen molar-refractivity contribution in [2.45, 2.75) is 39.7 Å². The third-order valence-electron chi connectivity index (χ3n) is 2.79. The van der Waals surface area contributed by atoms with Crippen LogP contribution in [-0.2, 0) is 11.2 Å². The third kappa shape index (κ3) is 4.87. The highest BCUT2D eigenvalue weighted by molar-refractivity contribution is 5.75. The van der Waals surface area contributed by atoms with E-state index in [1.54, 1.807) is 20.8 Å². The first-order valence-electron chi connectivity index (χ1n) is 6.49. The number of hydrogen-bond acceptors (Lipinski definition) is 5. The highest BCUT2D eigenvalue weighted by atomic mass is 16.5. The van der Waals surface area contributed by atoms with Crippen molar-refractivity contribution in [2.75, 3.05) is 13.1 Å². The average Bonchev–Trinajstić information content (AvgIpc) is 2.75. The fourth-order valence-corrected chi connectivity index (χ4v) is 1.84. The zero-order chi connectivity index (χ0) is 15.1. The van der Waals surface area contributed by atoms with Crippen LogP contribution >= 0.6 is 0 Å². The van der Waals surface area contributed by atoms with E-state index in [9.17, 15) is 9.59 Å². The topological polar surface area (TPSA) is 109 Å². The van der Waals surface area contributed by atoms with Crippen LogP contribution in [0.15, 0.2) is 4.52 Å². The molecule has 2 amide bonds. The minimum atomic E-state index is -0.926. The van der Waals surface area contributed by atoms with Gasteiger partial charge in [-0.05, 0) is 20.8 Å². The van der Waals surface area contributed by atoms with Crippen LogP contribution in [0.2, 0.25) is 0 Å². The van der Waals surface area contributed by atoms with E-state index in [4.69, 9.17) is 9.63 Å². The highest BCUT2D eigenvalue weighted by Crippen LogP contribution is 2.04. The molecule has 0 aliphatic heterocycles. The number of carboxylic acids is 1. The number of aryl methyl sites for hydroxylation is 1. The van der Waals surface area contributed by atoms with E-state index in [1.807, 2.05) is 0 Å². The van der Waals surface area contributed by atoms with E-state index in [1.165, 1.54) is 4.90 Å². The Labute approximate surface area is 117 Å². The fraction of sp³-hybridized carbons (Fsp3) is 0.667. The first-order chi connectivity index (χ1) is 9.43. The SMILES string of the molecule is CCN(C(=O)NCCc1nc(C)no1)C(C)CC(=O)O. The monoisotopic (exact) mass is 284 g/mol. The zero-order valence-electron chi connectivity index (χ0n) is 11.9.